The molecule has 0 radical (unpaired) electrons. The highest BCUT2D eigenvalue weighted by Gasteiger charge is 2.40. The van der Waals surface area contributed by atoms with Crippen LogP contribution in [0.1, 0.15) is 16.5 Å². The van der Waals surface area contributed by atoms with E-state index in [9.17, 15) is 26.3 Å². The van der Waals surface area contributed by atoms with Crippen LogP contribution in [0.15, 0.2) is 24.3 Å². The lowest BCUT2D eigenvalue weighted by Gasteiger charge is -2.15. The number of benzene rings is 1. The molecule has 0 saturated heterocycles. The zero-order valence-electron chi connectivity index (χ0n) is 7.53. The average molecular weight is 263 g/mol. The van der Waals surface area contributed by atoms with Crippen molar-refractivity contribution in [3.63, 3.8) is 0 Å². The van der Waals surface area contributed by atoms with Gasteiger partial charge in [0.2, 0.25) is 0 Å². The lowest BCUT2D eigenvalue weighted by atomic mass is 10.1. The van der Waals surface area contributed by atoms with Crippen LogP contribution in [-0.2, 0) is 6.18 Å². The molecule has 0 spiro atoms. The van der Waals surface area contributed by atoms with Crippen molar-refractivity contribution in [3.8, 4) is 0 Å². The minimum Gasteiger partial charge on any atom is -0.169 e. The summed E-state index contributed by atoms with van der Waals surface area (Å²) in [7, 11) is 0. The third-order valence-corrected chi connectivity index (χ3v) is 2.29. The van der Waals surface area contributed by atoms with Crippen molar-refractivity contribution in [3.05, 3.63) is 35.4 Å². The standard InChI is InChI=1S/C9H5ClF6/c10-7(9(14,15)16)5-2-1-3-6(4-5)8(11,12)13/h1-4,7H. The molecular weight excluding hydrogens is 258 g/mol. The van der Waals surface area contributed by atoms with Gasteiger partial charge in [0.15, 0.2) is 5.38 Å². The maximum absolute atomic E-state index is 12.2. The van der Waals surface area contributed by atoms with Crippen molar-refractivity contribution in [1.29, 1.82) is 0 Å². The Morgan fingerprint density at radius 2 is 1.56 bits per heavy atom. The topological polar surface area (TPSA) is 0 Å². The van der Waals surface area contributed by atoms with E-state index in [4.69, 9.17) is 11.6 Å². The molecule has 1 rings (SSSR count). The normalized spacial score (nSPS) is 14.9. The number of rotatable bonds is 1. The molecule has 90 valence electrons. The average Bonchev–Trinajstić information content (AvgIpc) is 2.14. The highest BCUT2D eigenvalue weighted by molar-refractivity contribution is 6.21. The van der Waals surface area contributed by atoms with Crippen molar-refractivity contribution in [2.45, 2.75) is 17.7 Å². The van der Waals surface area contributed by atoms with Crippen molar-refractivity contribution in [2.75, 3.05) is 0 Å². The predicted molar refractivity (Wildman–Crippen MR) is 46.1 cm³/mol. The van der Waals surface area contributed by atoms with Crippen LogP contribution in [0.4, 0.5) is 26.3 Å². The Morgan fingerprint density at radius 3 is 2.00 bits per heavy atom. The van der Waals surface area contributed by atoms with E-state index in [1.54, 1.807) is 0 Å². The van der Waals surface area contributed by atoms with Gasteiger partial charge in [-0.05, 0) is 11.6 Å². The molecule has 0 saturated carbocycles. The molecule has 0 bridgehead atoms. The fourth-order valence-corrected chi connectivity index (χ4v) is 1.20. The fraction of sp³-hybridized carbons (Fsp3) is 0.333. The Kier molecular flexibility index (Phi) is 3.42. The van der Waals surface area contributed by atoms with Crippen LogP contribution in [-0.4, -0.2) is 6.18 Å². The van der Waals surface area contributed by atoms with Crippen LogP contribution in [0.25, 0.3) is 0 Å². The molecule has 0 aliphatic rings. The molecular formula is C9H5ClF6. The van der Waals surface area contributed by atoms with Crippen LogP contribution in [0.5, 0.6) is 0 Å². The molecule has 0 nitrogen and oxygen atoms in total. The first-order chi connectivity index (χ1) is 7.12. The first kappa shape index (κ1) is 13.2. The fourth-order valence-electron chi connectivity index (χ4n) is 1.06. The monoisotopic (exact) mass is 262 g/mol. The summed E-state index contributed by atoms with van der Waals surface area (Å²) in [6.45, 7) is 0. The highest BCUT2D eigenvalue weighted by atomic mass is 35.5. The van der Waals surface area contributed by atoms with Gasteiger partial charge in [-0.25, -0.2) is 0 Å². The molecule has 0 heterocycles. The minimum absolute atomic E-state index is 0.394. The van der Waals surface area contributed by atoms with E-state index in [2.05, 4.69) is 0 Å². The second-order valence-electron chi connectivity index (χ2n) is 3.03. The first-order valence-corrected chi connectivity index (χ1v) is 4.44. The number of alkyl halides is 7. The van der Waals surface area contributed by atoms with Gasteiger partial charge in [0.05, 0.1) is 5.56 Å². The maximum atomic E-state index is 12.2. The van der Waals surface area contributed by atoms with Gasteiger partial charge >= 0.3 is 12.4 Å². The van der Waals surface area contributed by atoms with Crippen LogP contribution >= 0.6 is 11.6 Å². The second-order valence-corrected chi connectivity index (χ2v) is 3.46. The molecule has 1 atom stereocenters. The van der Waals surface area contributed by atoms with Crippen molar-refractivity contribution >= 4 is 11.6 Å². The van der Waals surface area contributed by atoms with Gasteiger partial charge in [-0.15, -0.1) is 11.6 Å². The van der Waals surface area contributed by atoms with Crippen molar-refractivity contribution in [1.82, 2.24) is 0 Å². The van der Waals surface area contributed by atoms with Gasteiger partial charge in [-0.1, -0.05) is 18.2 Å². The highest BCUT2D eigenvalue weighted by Crippen LogP contribution is 2.39. The third kappa shape index (κ3) is 3.04. The smallest absolute Gasteiger partial charge is 0.169 e. The van der Waals surface area contributed by atoms with Crippen LogP contribution in [0.3, 0.4) is 0 Å². The molecule has 1 unspecified atom stereocenters. The molecule has 1 aromatic rings. The molecule has 0 fully saturated rings. The molecule has 1 aromatic carbocycles. The SMILES string of the molecule is FC(F)(F)c1cccc(C(Cl)C(F)(F)F)c1. The number of hydrogen-bond donors (Lipinski definition) is 0. The van der Waals surface area contributed by atoms with Gasteiger partial charge in [0.1, 0.15) is 0 Å². The summed E-state index contributed by atoms with van der Waals surface area (Å²) in [5.41, 5.74) is -1.77. The Labute approximate surface area is 91.8 Å². The Balaban J connectivity index is 3.09. The summed E-state index contributed by atoms with van der Waals surface area (Å²) in [4.78, 5) is 0. The Hall–Kier alpha value is -0.910. The van der Waals surface area contributed by atoms with E-state index < -0.39 is 28.9 Å². The summed E-state index contributed by atoms with van der Waals surface area (Å²) in [6, 6.07) is 2.87. The zero-order valence-corrected chi connectivity index (χ0v) is 8.29. The maximum Gasteiger partial charge on any atom is 0.416 e. The van der Waals surface area contributed by atoms with Gasteiger partial charge in [0, 0.05) is 0 Å². The van der Waals surface area contributed by atoms with Crippen LogP contribution in [0.2, 0.25) is 0 Å². The zero-order chi connectivity index (χ0) is 12.6. The van der Waals surface area contributed by atoms with Crippen molar-refractivity contribution in [2.24, 2.45) is 0 Å². The number of halogens is 7. The van der Waals surface area contributed by atoms with E-state index in [-0.39, 0.29) is 0 Å². The van der Waals surface area contributed by atoms with Gasteiger partial charge in [-0.3, -0.25) is 0 Å². The van der Waals surface area contributed by atoms with Crippen LogP contribution in [0, 0.1) is 0 Å². The largest absolute Gasteiger partial charge is 0.416 e. The predicted octanol–water partition coefficient (Wildman–Crippen LogP) is 4.55. The summed E-state index contributed by atoms with van der Waals surface area (Å²) in [6.07, 6.45) is -9.45. The van der Waals surface area contributed by atoms with E-state index in [1.165, 1.54) is 0 Å². The first-order valence-electron chi connectivity index (χ1n) is 4.00. The quantitative estimate of drug-likeness (QED) is 0.514. The lowest BCUT2D eigenvalue weighted by molar-refractivity contribution is -0.139. The summed E-state index contributed by atoms with van der Waals surface area (Å²) in [5, 5.41) is -2.44. The molecule has 0 amide bonds. The molecule has 0 aliphatic heterocycles. The third-order valence-electron chi connectivity index (χ3n) is 1.79. The Morgan fingerprint density at radius 1 is 1.00 bits per heavy atom. The summed E-state index contributed by atoms with van der Waals surface area (Å²) >= 11 is 5.01. The van der Waals surface area contributed by atoms with Gasteiger partial charge < -0.3 is 0 Å². The second kappa shape index (κ2) is 4.16. The lowest BCUT2D eigenvalue weighted by Crippen LogP contribution is -2.16. The van der Waals surface area contributed by atoms with E-state index in [0.29, 0.717) is 12.1 Å². The van der Waals surface area contributed by atoms with E-state index in [1.807, 2.05) is 0 Å². The summed E-state index contributed by atoms with van der Waals surface area (Å²) in [5.74, 6) is 0. The molecule has 16 heavy (non-hydrogen) atoms. The number of hydrogen-bond acceptors (Lipinski definition) is 0. The molecule has 0 aliphatic carbocycles. The molecule has 7 heteroatoms. The van der Waals surface area contributed by atoms with Gasteiger partial charge in [-0.2, -0.15) is 26.3 Å². The van der Waals surface area contributed by atoms with E-state index in [0.717, 1.165) is 12.1 Å². The molecule has 0 N–H and O–H groups in total. The Bertz CT molecular complexity index is 367. The van der Waals surface area contributed by atoms with Gasteiger partial charge in [0.25, 0.3) is 0 Å². The van der Waals surface area contributed by atoms with Crippen molar-refractivity contribution < 1.29 is 26.3 Å². The summed E-state index contributed by atoms with van der Waals surface area (Å²) < 4.78 is 73.1. The minimum atomic E-state index is -4.77. The van der Waals surface area contributed by atoms with Crippen LogP contribution < -0.4 is 0 Å². The van der Waals surface area contributed by atoms with E-state index >= 15 is 0 Å². The molecule has 0 aromatic heterocycles.